The number of nitriles is 1. The summed E-state index contributed by atoms with van der Waals surface area (Å²) in [6.45, 7) is 5.93. The maximum absolute atomic E-state index is 11.6. The van der Waals surface area contributed by atoms with Gasteiger partial charge in [0.25, 0.3) is 0 Å². The van der Waals surface area contributed by atoms with E-state index in [0.29, 0.717) is 0 Å². The number of imidazole rings is 1. The van der Waals surface area contributed by atoms with Crippen LogP contribution in [0, 0.1) is 16.7 Å². The van der Waals surface area contributed by atoms with E-state index in [4.69, 9.17) is 5.26 Å². The minimum Gasteiger partial charge on any atom is -0.338 e. The van der Waals surface area contributed by atoms with Gasteiger partial charge in [-0.05, 0) is 5.41 Å². The first kappa shape index (κ1) is 12.2. The Labute approximate surface area is 95.1 Å². The molecule has 0 aliphatic carbocycles. The SMILES string of the molecule is CC(C)(C)C(C#N)NC(=O)Cn1ccnc1. The van der Waals surface area contributed by atoms with Crippen LogP contribution in [0.15, 0.2) is 18.7 Å². The highest BCUT2D eigenvalue weighted by Gasteiger charge is 2.25. The van der Waals surface area contributed by atoms with Crippen molar-refractivity contribution < 1.29 is 4.79 Å². The summed E-state index contributed by atoms with van der Waals surface area (Å²) in [7, 11) is 0. The first-order valence-corrected chi connectivity index (χ1v) is 5.08. The number of aromatic nitrogens is 2. The molecule has 0 spiro atoms. The van der Waals surface area contributed by atoms with E-state index in [-0.39, 0.29) is 17.9 Å². The molecular formula is C11H16N4O. The lowest BCUT2D eigenvalue weighted by Gasteiger charge is -2.25. The monoisotopic (exact) mass is 220 g/mol. The van der Waals surface area contributed by atoms with Crippen LogP contribution in [-0.2, 0) is 11.3 Å². The molecule has 1 atom stereocenters. The molecule has 1 amide bonds. The van der Waals surface area contributed by atoms with Gasteiger partial charge in [-0.2, -0.15) is 5.26 Å². The minimum atomic E-state index is -0.483. The second kappa shape index (κ2) is 4.79. The summed E-state index contributed by atoms with van der Waals surface area (Å²) < 4.78 is 1.66. The van der Waals surface area contributed by atoms with Gasteiger partial charge in [0.15, 0.2) is 0 Å². The fraction of sp³-hybridized carbons (Fsp3) is 0.545. The van der Waals surface area contributed by atoms with Gasteiger partial charge in [0.05, 0.1) is 12.4 Å². The van der Waals surface area contributed by atoms with Crippen molar-refractivity contribution >= 4 is 5.91 Å². The molecule has 0 fully saturated rings. The zero-order chi connectivity index (χ0) is 12.2. The fourth-order valence-corrected chi connectivity index (χ4v) is 1.20. The predicted octanol–water partition coefficient (Wildman–Crippen LogP) is 0.938. The van der Waals surface area contributed by atoms with Crippen molar-refractivity contribution in [1.29, 1.82) is 5.26 Å². The van der Waals surface area contributed by atoms with E-state index < -0.39 is 6.04 Å². The number of nitrogens with zero attached hydrogens (tertiary/aromatic N) is 3. The zero-order valence-corrected chi connectivity index (χ0v) is 9.77. The van der Waals surface area contributed by atoms with Crippen LogP contribution >= 0.6 is 0 Å². The highest BCUT2D eigenvalue weighted by molar-refractivity contribution is 5.76. The number of nitrogens with one attached hydrogen (secondary N) is 1. The van der Waals surface area contributed by atoms with E-state index in [0.717, 1.165) is 0 Å². The lowest BCUT2D eigenvalue weighted by atomic mass is 9.88. The van der Waals surface area contributed by atoms with Crippen LogP contribution in [0.3, 0.4) is 0 Å². The number of carbonyl (C=O) groups is 1. The summed E-state index contributed by atoms with van der Waals surface area (Å²) in [6, 6.07) is 1.61. The van der Waals surface area contributed by atoms with Gasteiger partial charge in [0.2, 0.25) is 5.91 Å². The summed E-state index contributed by atoms with van der Waals surface area (Å²) in [6.07, 6.45) is 4.88. The van der Waals surface area contributed by atoms with Crippen LogP contribution in [0.4, 0.5) is 0 Å². The second-order valence-electron chi connectivity index (χ2n) is 4.73. The molecular weight excluding hydrogens is 204 g/mol. The molecule has 0 aliphatic rings. The number of hydrogen-bond acceptors (Lipinski definition) is 3. The van der Waals surface area contributed by atoms with Gasteiger partial charge in [-0.1, -0.05) is 20.8 Å². The predicted molar refractivity (Wildman–Crippen MR) is 59.2 cm³/mol. The lowest BCUT2D eigenvalue weighted by Crippen LogP contribution is -2.43. The molecule has 0 saturated heterocycles. The molecule has 5 nitrogen and oxygen atoms in total. The van der Waals surface area contributed by atoms with Crippen molar-refractivity contribution in [3.63, 3.8) is 0 Å². The Morgan fingerprint density at radius 1 is 1.62 bits per heavy atom. The molecule has 16 heavy (non-hydrogen) atoms. The molecule has 1 rings (SSSR count). The van der Waals surface area contributed by atoms with Crippen LogP contribution in [0.25, 0.3) is 0 Å². The highest BCUT2D eigenvalue weighted by atomic mass is 16.2. The van der Waals surface area contributed by atoms with Crippen LogP contribution in [-0.4, -0.2) is 21.5 Å². The fourth-order valence-electron chi connectivity index (χ4n) is 1.20. The number of carbonyl (C=O) groups excluding carboxylic acids is 1. The van der Waals surface area contributed by atoms with E-state index in [1.807, 2.05) is 20.8 Å². The summed E-state index contributed by atoms with van der Waals surface area (Å²) in [5.41, 5.74) is -0.265. The average molecular weight is 220 g/mol. The molecule has 0 radical (unpaired) electrons. The van der Waals surface area contributed by atoms with Crippen molar-refractivity contribution in [1.82, 2.24) is 14.9 Å². The topological polar surface area (TPSA) is 70.7 Å². The Morgan fingerprint density at radius 3 is 2.75 bits per heavy atom. The van der Waals surface area contributed by atoms with E-state index in [1.54, 1.807) is 23.3 Å². The van der Waals surface area contributed by atoms with Crippen molar-refractivity contribution in [2.75, 3.05) is 0 Å². The summed E-state index contributed by atoms with van der Waals surface area (Å²) in [4.78, 5) is 15.5. The summed E-state index contributed by atoms with van der Waals surface area (Å²) in [5.74, 6) is -0.181. The number of amides is 1. The number of hydrogen-bond donors (Lipinski definition) is 1. The van der Waals surface area contributed by atoms with Gasteiger partial charge in [0.1, 0.15) is 12.6 Å². The Balaban J connectivity index is 2.54. The molecule has 0 aromatic carbocycles. The van der Waals surface area contributed by atoms with E-state index in [1.165, 1.54) is 0 Å². The lowest BCUT2D eigenvalue weighted by molar-refractivity contribution is -0.122. The van der Waals surface area contributed by atoms with E-state index in [2.05, 4.69) is 16.4 Å². The van der Waals surface area contributed by atoms with E-state index >= 15 is 0 Å². The van der Waals surface area contributed by atoms with Crippen molar-refractivity contribution in [3.8, 4) is 6.07 Å². The van der Waals surface area contributed by atoms with Gasteiger partial charge >= 0.3 is 0 Å². The zero-order valence-electron chi connectivity index (χ0n) is 9.77. The number of rotatable bonds is 3. The van der Waals surface area contributed by atoms with Crippen molar-refractivity contribution in [2.24, 2.45) is 5.41 Å². The smallest absolute Gasteiger partial charge is 0.241 e. The Bertz CT molecular complexity index is 383. The largest absolute Gasteiger partial charge is 0.338 e. The van der Waals surface area contributed by atoms with Gasteiger partial charge < -0.3 is 9.88 Å². The minimum absolute atomic E-state index is 0.181. The molecule has 86 valence electrons. The van der Waals surface area contributed by atoms with Crippen LogP contribution in [0.1, 0.15) is 20.8 Å². The van der Waals surface area contributed by atoms with Crippen LogP contribution in [0.2, 0.25) is 0 Å². The molecule has 1 aromatic rings. The Morgan fingerprint density at radius 2 is 2.31 bits per heavy atom. The quantitative estimate of drug-likeness (QED) is 0.824. The third-order valence-electron chi connectivity index (χ3n) is 2.19. The van der Waals surface area contributed by atoms with Gasteiger partial charge in [-0.15, -0.1) is 0 Å². The maximum Gasteiger partial charge on any atom is 0.241 e. The normalized spacial score (nSPS) is 12.9. The van der Waals surface area contributed by atoms with Crippen LogP contribution in [0.5, 0.6) is 0 Å². The molecule has 0 saturated carbocycles. The summed E-state index contributed by atoms with van der Waals surface area (Å²) in [5, 5.41) is 11.6. The molecule has 5 heteroatoms. The highest BCUT2D eigenvalue weighted by Crippen LogP contribution is 2.18. The standard InChI is InChI=1S/C11H16N4O/c1-11(2,3)9(6-12)14-10(16)7-15-5-4-13-8-15/h4-5,8-9H,7H2,1-3H3,(H,14,16). The molecule has 1 unspecified atom stereocenters. The Hall–Kier alpha value is -1.83. The molecule has 1 N–H and O–H groups in total. The maximum atomic E-state index is 11.6. The van der Waals surface area contributed by atoms with Gasteiger partial charge in [0, 0.05) is 12.4 Å². The van der Waals surface area contributed by atoms with Crippen LogP contribution < -0.4 is 5.32 Å². The Kier molecular flexibility index (Phi) is 3.67. The van der Waals surface area contributed by atoms with E-state index in [9.17, 15) is 4.79 Å². The third kappa shape index (κ3) is 3.39. The molecule has 1 heterocycles. The second-order valence-corrected chi connectivity index (χ2v) is 4.73. The van der Waals surface area contributed by atoms with Crippen molar-refractivity contribution in [2.45, 2.75) is 33.4 Å². The molecule has 1 aromatic heterocycles. The van der Waals surface area contributed by atoms with Gasteiger partial charge in [-0.25, -0.2) is 4.98 Å². The average Bonchev–Trinajstić information content (AvgIpc) is 2.64. The first-order valence-electron chi connectivity index (χ1n) is 5.08. The third-order valence-corrected chi connectivity index (χ3v) is 2.19. The van der Waals surface area contributed by atoms with Crippen molar-refractivity contribution in [3.05, 3.63) is 18.7 Å². The van der Waals surface area contributed by atoms with Gasteiger partial charge in [-0.3, -0.25) is 4.79 Å². The molecule has 0 aliphatic heterocycles. The summed E-state index contributed by atoms with van der Waals surface area (Å²) >= 11 is 0. The first-order chi connectivity index (χ1) is 7.43. The molecule has 0 bridgehead atoms.